The minimum Gasteiger partial charge on any atom is -0.311 e. The highest BCUT2D eigenvalue weighted by Gasteiger charge is 2.25. The molecule has 6 heteroatoms. The van der Waals surface area contributed by atoms with Gasteiger partial charge in [-0.15, -0.1) is 0 Å². The van der Waals surface area contributed by atoms with Crippen LogP contribution in [-0.2, 0) is 11.2 Å². The summed E-state index contributed by atoms with van der Waals surface area (Å²) in [6.07, 6.45) is 7.49. The molecule has 160 valence electrons. The van der Waals surface area contributed by atoms with Crippen LogP contribution in [0, 0.1) is 0 Å². The standard InChI is InChI=1S/C25H27N3O2S/c29-23(27-16-8-10-18-9-4-7-15-22(18)27)17-31-25-26-21-14-6-5-13-20(21)24(30)28(25)19-11-2-1-3-12-19/h4-7,9,13-15,19H,1-3,8,10-12,16-17H2. The van der Waals surface area contributed by atoms with E-state index in [9.17, 15) is 9.59 Å². The van der Waals surface area contributed by atoms with Gasteiger partial charge in [-0.3, -0.25) is 14.2 Å². The van der Waals surface area contributed by atoms with E-state index in [2.05, 4.69) is 6.07 Å². The molecular formula is C25H27N3O2S. The van der Waals surface area contributed by atoms with E-state index in [1.807, 2.05) is 51.9 Å². The number of rotatable bonds is 4. The SMILES string of the molecule is O=C(CSc1nc2ccccc2c(=O)n1C1CCCCC1)N1CCCc2ccccc21. The molecule has 1 aliphatic heterocycles. The predicted octanol–water partition coefficient (Wildman–Crippen LogP) is 4.97. The number of carbonyl (C=O) groups excluding carboxylic acids is 1. The Kier molecular flexibility index (Phi) is 5.81. The minimum absolute atomic E-state index is 0.0239. The molecule has 1 fully saturated rings. The Morgan fingerprint density at radius 2 is 1.77 bits per heavy atom. The Morgan fingerprint density at radius 3 is 2.65 bits per heavy atom. The molecule has 0 N–H and O–H groups in total. The predicted molar refractivity (Wildman–Crippen MR) is 126 cm³/mol. The first-order valence-corrected chi connectivity index (χ1v) is 12.2. The summed E-state index contributed by atoms with van der Waals surface area (Å²) in [5.41, 5.74) is 2.99. The van der Waals surface area contributed by atoms with E-state index >= 15 is 0 Å². The molecule has 0 unspecified atom stereocenters. The first-order chi connectivity index (χ1) is 15.2. The van der Waals surface area contributed by atoms with Gasteiger partial charge in [-0.1, -0.05) is 61.4 Å². The topological polar surface area (TPSA) is 55.2 Å². The summed E-state index contributed by atoms with van der Waals surface area (Å²) in [7, 11) is 0. The third-order valence-corrected chi connectivity index (χ3v) is 7.39. The fourth-order valence-electron chi connectivity index (χ4n) is 4.89. The molecule has 31 heavy (non-hydrogen) atoms. The highest BCUT2D eigenvalue weighted by molar-refractivity contribution is 7.99. The van der Waals surface area contributed by atoms with Crippen molar-refractivity contribution in [2.24, 2.45) is 0 Å². The molecular weight excluding hydrogens is 406 g/mol. The van der Waals surface area contributed by atoms with Crippen LogP contribution in [-0.4, -0.2) is 27.8 Å². The first kappa shape index (κ1) is 20.3. The van der Waals surface area contributed by atoms with Gasteiger partial charge in [0.1, 0.15) is 0 Å². The summed E-state index contributed by atoms with van der Waals surface area (Å²) in [5.74, 6) is 0.362. The highest BCUT2D eigenvalue weighted by atomic mass is 32.2. The molecule has 2 aromatic carbocycles. The monoisotopic (exact) mass is 433 g/mol. The van der Waals surface area contributed by atoms with Crippen LogP contribution in [0.3, 0.4) is 0 Å². The number of carbonyl (C=O) groups is 1. The number of para-hydroxylation sites is 2. The van der Waals surface area contributed by atoms with Crippen molar-refractivity contribution < 1.29 is 4.79 Å². The van der Waals surface area contributed by atoms with Gasteiger partial charge in [0.05, 0.1) is 16.7 Å². The maximum Gasteiger partial charge on any atom is 0.262 e. The number of amides is 1. The van der Waals surface area contributed by atoms with Gasteiger partial charge in [-0.25, -0.2) is 4.98 Å². The molecule has 1 aliphatic carbocycles. The van der Waals surface area contributed by atoms with Crippen molar-refractivity contribution in [3.05, 3.63) is 64.4 Å². The number of hydrogen-bond acceptors (Lipinski definition) is 4. The van der Waals surface area contributed by atoms with Crippen LogP contribution in [0.5, 0.6) is 0 Å². The lowest BCUT2D eigenvalue weighted by Crippen LogP contribution is -2.37. The van der Waals surface area contributed by atoms with Gasteiger partial charge in [-0.2, -0.15) is 0 Å². The number of thioether (sulfide) groups is 1. The fraction of sp³-hybridized carbons (Fsp3) is 0.400. The van der Waals surface area contributed by atoms with Gasteiger partial charge in [0.25, 0.3) is 5.56 Å². The lowest BCUT2D eigenvalue weighted by atomic mass is 9.95. The Morgan fingerprint density at radius 1 is 1.00 bits per heavy atom. The fourth-order valence-corrected chi connectivity index (χ4v) is 5.83. The zero-order chi connectivity index (χ0) is 21.2. The Labute approximate surface area is 186 Å². The average molecular weight is 434 g/mol. The van der Waals surface area contributed by atoms with Crippen LogP contribution in [0.25, 0.3) is 10.9 Å². The third-order valence-electron chi connectivity index (χ3n) is 6.45. The summed E-state index contributed by atoms with van der Waals surface area (Å²) < 4.78 is 1.88. The average Bonchev–Trinajstić information content (AvgIpc) is 2.83. The number of fused-ring (bicyclic) bond motifs is 2. The van der Waals surface area contributed by atoms with Crippen molar-refractivity contribution in [3.8, 4) is 0 Å². The minimum atomic E-state index is 0.0239. The van der Waals surface area contributed by atoms with Gasteiger partial charge in [0.2, 0.25) is 5.91 Å². The van der Waals surface area contributed by atoms with Crippen LogP contribution < -0.4 is 10.5 Å². The quantitative estimate of drug-likeness (QED) is 0.430. The maximum atomic E-state index is 13.4. The van der Waals surface area contributed by atoms with E-state index in [1.54, 1.807) is 0 Å². The van der Waals surface area contributed by atoms with Gasteiger partial charge in [0.15, 0.2) is 5.16 Å². The molecule has 0 radical (unpaired) electrons. The largest absolute Gasteiger partial charge is 0.311 e. The molecule has 2 heterocycles. The molecule has 0 spiro atoms. The Hall–Kier alpha value is -2.60. The molecule has 5 rings (SSSR count). The Balaban J connectivity index is 1.45. The molecule has 1 amide bonds. The van der Waals surface area contributed by atoms with E-state index in [4.69, 9.17) is 4.98 Å². The molecule has 0 bridgehead atoms. The second kappa shape index (κ2) is 8.87. The molecule has 0 atom stereocenters. The third kappa shape index (κ3) is 4.01. The summed E-state index contributed by atoms with van der Waals surface area (Å²) >= 11 is 1.41. The summed E-state index contributed by atoms with van der Waals surface area (Å²) in [6.45, 7) is 0.747. The Bertz CT molecular complexity index is 1170. The van der Waals surface area contributed by atoms with Crippen molar-refractivity contribution in [3.63, 3.8) is 0 Å². The van der Waals surface area contributed by atoms with Gasteiger partial charge in [-0.05, 0) is 49.4 Å². The lowest BCUT2D eigenvalue weighted by Gasteiger charge is -2.30. The van der Waals surface area contributed by atoms with E-state index in [1.165, 1.54) is 23.7 Å². The number of benzene rings is 2. The van der Waals surface area contributed by atoms with Crippen molar-refractivity contribution in [1.29, 1.82) is 0 Å². The second-order valence-corrected chi connectivity index (χ2v) is 9.39. The van der Waals surface area contributed by atoms with Crippen LogP contribution in [0.1, 0.15) is 50.1 Å². The van der Waals surface area contributed by atoms with Crippen molar-refractivity contribution in [1.82, 2.24) is 9.55 Å². The molecule has 3 aromatic rings. The summed E-state index contributed by atoms with van der Waals surface area (Å²) in [6, 6.07) is 15.9. The van der Waals surface area contributed by atoms with Gasteiger partial charge < -0.3 is 4.90 Å². The molecule has 2 aliphatic rings. The first-order valence-electron chi connectivity index (χ1n) is 11.2. The van der Waals surface area contributed by atoms with Crippen LogP contribution in [0.15, 0.2) is 58.5 Å². The van der Waals surface area contributed by atoms with Gasteiger partial charge in [0, 0.05) is 18.3 Å². The molecule has 1 aromatic heterocycles. The molecule has 5 nitrogen and oxygen atoms in total. The zero-order valence-electron chi connectivity index (χ0n) is 17.6. The zero-order valence-corrected chi connectivity index (χ0v) is 18.4. The highest BCUT2D eigenvalue weighted by Crippen LogP contribution is 2.32. The van der Waals surface area contributed by atoms with E-state index in [0.29, 0.717) is 16.1 Å². The summed E-state index contributed by atoms with van der Waals surface area (Å²) in [4.78, 5) is 33.3. The number of anilines is 1. The van der Waals surface area contributed by atoms with E-state index in [-0.39, 0.29) is 23.3 Å². The molecule has 0 saturated heterocycles. The smallest absolute Gasteiger partial charge is 0.262 e. The number of hydrogen-bond donors (Lipinski definition) is 0. The lowest BCUT2D eigenvalue weighted by molar-refractivity contribution is -0.116. The van der Waals surface area contributed by atoms with Crippen molar-refractivity contribution in [2.75, 3.05) is 17.2 Å². The van der Waals surface area contributed by atoms with Crippen molar-refractivity contribution >= 4 is 34.3 Å². The number of aryl methyl sites for hydroxylation is 1. The maximum absolute atomic E-state index is 13.4. The number of nitrogens with zero attached hydrogens (tertiary/aromatic N) is 3. The number of aromatic nitrogens is 2. The van der Waals surface area contributed by atoms with Crippen LogP contribution in [0.4, 0.5) is 5.69 Å². The van der Waals surface area contributed by atoms with E-state index < -0.39 is 0 Å². The van der Waals surface area contributed by atoms with Crippen LogP contribution in [0.2, 0.25) is 0 Å². The van der Waals surface area contributed by atoms with Gasteiger partial charge >= 0.3 is 0 Å². The van der Waals surface area contributed by atoms with Crippen molar-refractivity contribution in [2.45, 2.75) is 56.1 Å². The second-order valence-electron chi connectivity index (χ2n) is 8.44. The molecule has 1 saturated carbocycles. The summed E-state index contributed by atoms with van der Waals surface area (Å²) in [5, 5.41) is 1.34. The normalized spacial score (nSPS) is 17.0. The van der Waals surface area contributed by atoms with Crippen LogP contribution >= 0.6 is 11.8 Å². The van der Waals surface area contributed by atoms with E-state index in [0.717, 1.165) is 50.8 Å².